The maximum atomic E-state index is 13.7. The maximum absolute atomic E-state index is 13.7. The van der Waals surface area contributed by atoms with Crippen molar-refractivity contribution in [3.05, 3.63) is 23.3 Å². The molecule has 112 valence electrons. The second-order valence-electron chi connectivity index (χ2n) is 5.51. The van der Waals surface area contributed by atoms with E-state index in [1.807, 2.05) is 6.92 Å². The second kappa shape index (κ2) is 5.20. The van der Waals surface area contributed by atoms with Gasteiger partial charge in [0, 0.05) is 23.6 Å². The number of nitrogens with one attached hydrogen (secondary N) is 1. The number of hydrogen-bond donors (Lipinski definition) is 1. The van der Waals surface area contributed by atoms with Crippen LogP contribution in [0.25, 0.3) is 0 Å². The molecule has 1 aliphatic heterocycles. The van der Waals surface area contributed by atoms with E-state index in [2.05, 4.69) is 5.32 Å². The average Bonchev–Trinajstić information content (AvgIpc) is 2.84. The first-order chi connectivity index (χ1) is 9.31. The molecule has 1 atom stereocenters. The Kier molecular flexibility index (Phi) is 3.91. The fraction of sp³-hybridized carbons (Fsp3) is 0.600. The fourth-order valence-corrected chi connectivity index (χ4v) is 2.75. The minimum absolute atomic E-state index is 0.0555. The van der Waals surface area contributed by atoms with Crippen LogP contribution in [0.3, 0.4) is 0 Å². The van der Waals surface area contributed by atoms with Crippen molar-refractivity contribution in [2.24, 2.45) is 0 Å². The molecule has 0 saturated carbocycles. The molecule has 1 unspecified atom stereocenters. The highest BCUT2D eigenvalue weighted by atomic mass is 19.3. The van der Waals surface area contributed by atoms with Gasteiger partial charge in [-0.15, -0.1) is 0 Å². The predicted octanol–water partition coefficient (Wildman–Crippen LogP) is 3.41. The number of methoxy groups -OCH3 is 2. The highest BCUT2D eigenvalue weighted by Gasteiger charge is 2.36. The fourth-order valence-electron chi connectivity index (χ4n) is 2.75. The minimum Gasteiger partial charge on any atom is -0.493 e. The van der Waals surface area contributed by atoms with Crippen LogP contribution in [0, 0.1) is 0 Å². The van der Waals surface area contributed by atoms with E-state index >= 15 is 0 Å². The molecule has 2 rings (SSSR count). The van der Waals surface area contributed by atoms with Crippen molar-refractivity contribution in [3.8, 4) is 11.5 Å². The van der Waals surface area contributed by atoms with Gasteiger partial charge in [-0.3, -0.25) is 0 Å². The van der Waals surface area contributed by atoms with Crippen molar-refractivity contribution in [1.82, 2.24) is 5.32 Å². The molecule has 0 radical (unpaired) electrons. The predicted molar refractivity (Wildman–Crippen MR) is 73.7 cm³/mol. The summed E-state index contributed by atoms with van der Waals surface area (Å²) in [5.41, 5.74) is 0.313. The first-order valence-corrected chi connectivity index (χ1v) is 6.71. The molecule has 1 saturated heterocycles. The number of halogens is 2. The summed E-state index contributed by atoms with van der Waals surface area (Å²) in [7, 11) is 2.99. The number of hydrogen-bond acceptors (Lipinski definition) is 3. The largest absolute Gasteiger partial charge is 0.493 e. The van der Waals surface area contributed by atoms with Gasteiger partial charge in [0.25, 0.3) is 5.92 Å². The first kappa shape index (κ1) is 15.0. The van der Waals surface area contributed by atoms with E-state index in [1.165, 1.54) is 26.4 Å². The van der Waals surface area contributed by atoms with Crippen LogP contribution >= 0.6 is 0 Å². The third-order valence-electron chi connectivity index (χ3n) is 3.95. The van der Waals surface area contributed by atoms with E-state index in [0.717, 1.165) is 31.9 Å². The van der Waals surface area contributed by atoms with E-state index in [0.29, 0.717) is 11.5 Å². The zero-order chi connectivity index (χ0) is 15.0. The van der Waals surface area contributed by atoms with Crippen LogP contribution in [0.2, 0.25) is 0 Å². The van der Waals surface area contributed by atoms with E-state index < -0.39 is 5.92 Å². The number of benzene rings is 1. The zero-order valence-electron chi connectivity index (χ0n) is 12.3. The summed E-state index contributed by atoms with van der Waals surface area (Å²) >= 11 is 0. The summed E-state index contributed by atoms with van der Waals surface area (Å²) in [4.78, 5) is 0. The minimum atomic E-state index is -2.91. The number of rotatable bonds is 4. The summed E-state index contributed by atoms with van der Waals surface area (Å²) in [5.74, 6) is -2.04. The van der Waals surface area contributed by atoms with Crippen LogP contribution in [0.1, 0.15) is 37.8 Å². The Labute approximate surface area is 118 Å². The van der Waals surface area contributed by atoms with Gasteiger partial charge in [-0.1, -0.05) is 0 Å². The average molecular weight is 285 g/mol. The lowest BCUT2D eigenvalue weighted by Gasteiger charge is -2.29. The Morgan fingerprint density at radius 1 is 1.25 bits per heavy atom. The molecule has 0 spiro atoms. The van der Waals surface area contributed by atoms with Crippen LogP contribution in [0.15, 0.2) is 12.1 Å². The van der Waals surface area contributed by atoms with Gasteiger partial charge in [-0.05, 0) is 38.4 Å². The smallest absolute Gasteiger partial charge is 0.270 e. The SMILES string of the molecule is COc1cc(C(C)(F)F)cc(C2(C)CCCN2)c1OC. The van der Waals surface area contributed by atoms with Crippen molar-refractivity contribution in [1.29, 1.82) is 0 Å². The van der Waals surface area contributed by atoms with E-state index in [4.69, 9.17) is 9.47 Å². The molecule has 1 aromatic carbocycles. The van der Waals surface area contributed by atoms with E-state index in [9.17, 15) is 8.78 Å². The van der Waals surface area contributed by atoms with Crippen molar-refractivity contribution in [2.45, 2.75) is 38.2 Å². The summed E-state index contributed by atoms with van der Waals surface area (Å²) in [6.07, 6.45) is 1.89. The molecule has 1 N–H and O–H groups in total. The van der Waals surface area contributed by atoms with Gasteiger partial charge in [0.2, 0.25) is 0 Å². The Balaban J connectivity index is 2.63. The van der Waals surface area contributed by atoms with Gasteiger partial charge in [-0.2, -0.15) is 0 Å². The quantitative estimate of drug-likeness (QED) is 0.919. The van der Waals surface area contributed by atoms with Crippen LogP contribution in [0.4, 0.5) is 8.78 Å². The lowest BCUT2D eigenvalue weighted by molar-refractivity contribution is 0.0170. The van der Waals surface area contributed by atoms with Gasteiger partial charge >= 0.3 is 0 Å². The third kappa shape index (κ3) is 2.59. The molecule has 1 fully saturated rings. The number of alkyl halides is 2. The molecular formula is C15H21F2NO2. The van der Waals surface area contributed by atoms with Crippen LogP contribution in [-0.2, 0) is 11.5 Å². The van der Waals surface area contributed by atoms with Crippen molar-refractivity contribution >= 4 is 0 Å². The topological polar surface area (TPSA) is 30.5 Å². The molecule has 0 aromatic heterocycles. The van der Waals surface area contributed by atoms with Crippen molar-refractivity contribution < 1.29 is 18.3 Å². The van der Waals surface area contributed by atoms with Gasteiger partial charge in [0.15, 0.2) is 11.5 Å². The molecule has 1 aromatic rings. The molecule has 3 nitrogen and oxygen atoms in total. The third-order valence-corrected chi connectivity index (χ3v) is 3.95. The zero-order valence-corrected chi connectivity index (χ0v) is 12.3. The maximum Gasteiger partial charge on any atom is 0.270 e. The van der Waals surface area contributed by atoms with E-state index in [-0.39, 0.29) is 11.1 Å². The summed E-state index contributed by atoms with van der Waals surface area (Å²) in [6.45, 7) is 3.77. The molecule has 1 heterocycles. The Bertz CT molecular complexity index is 491. The first-order valence-electron chi connectivity index (χ1n) is 6.71. The van der Waals surface area contributed by atoms with Crippen molar-refractivity contribution in [3.63, 3.8) is 0 Å². The highest BCUT2D eigenvalue weighted by Crippen LogP contribution is 2.44. The van der Waals surface area contributed by atoms with Gasteiger partial charge in [0.1, 0.15) is 0 Å². The lowest BCUT2D eigenvalue weighted by atomic mass is 9.87. The number of ether oxygens (including phenoxy) is 2. The van der Waals surface area contributed by atoms with Crippen molar-refractivity contribution in [2.75, 3.05) is 20.8 Å². The normalized spacial score (nSPS) is 22.9. The molecule has 0 aliphatic carbocycles. The molecule has 5 heteroatoms. The van der Waals surface area contributed by atoms with Gasteiger partial charge in [-0.25, -0.2) is 8.78 Å². The Morgan fingerprint density at radius 2 is 1.95 bits per heavy atom. The highest BCUT2D eigenvalue weighted by molar-refractivity contribution is 5.53. The van der Waals surface area contributed by atoms with Crippen LogP contribution in [0.5, 0.6) is 11.5 Å². The van der Waals surface area contributed by atoms with Crippen LogP contribution < -0.4 is 14.8 Å². The molecule has 20 heavy (non-hydrogen) atoms. The Morgan fingerprint density at radius 3 is 2.40 bits per heavy atom. The lowest BCUT2D eigenvalue weighted by Crippen LogP contribution is -2.34. The molecule has 1 aliphatic rings. The van der Waals surface area contributed by atoms with E-state index in [1.54, 1.807) is 0 Å². The monoisotopic (exact) mass is 285 g/mol. The molecule has 0 amide bonds. The summed E-state index contributed by atoms with van der Waals surface area (Å²) < 4.78 is 38.0. The molecule has 0 bridgehead atoms. The standard InChI is InChI=1S/C15H21F2NO2/c1-14(6-5-7-18-14)11-8-10(15(2,16)17)9-12(19-3)13(11)20-4/h8-9,18H,5-7H2,1-4H3. The summed E-state index contributed by atoms with van der Waals surface area (Å²) in [6, 6.07) is 2.88. The summed E-state index contributed by atoms with van der Waals surface area (Å²) in [5, 5.41) is 3.37. The Hall–Kier alpha value is -1.36. The van der Waals surface area contributed by atoms with Gasteiger partial charge < -0.3 is 14.8 Å². The molecular weight excluding hydrogens is 264 g/mol. The van der Waals surface area contributed by atoms with Crippen LogP contribution in [-0.4, -0.2) is 20.8 Å². The second-order valence-corrected chi connectivity index (χ2v) is 5.51. The van der Waals surface area contributed by atoms with Gasteiger partial charge in [0.05, 0.1) is 14.2 Å².